The largest absolute Gasteiger partial charge is 0.508 e. The summed E-state index contributed by atoms with van der Waals surface area (Å²) in [4.78, 5) is 22.8. The second kappa shape index (κ2) is 19.8. The number of benzene rings is 3. The molecule has 0 radical (unpaired) electrons. The summed E-state index contributed by atoms with van der Waals surface area (Å²) in [5.41, 5.74) is 2.79. The number of ether oxygens (including phenoxy) is 6. The molecule has 10 heteroatoms. The molecular formula is C32H34I2O8. The van der Waals surface area contributed by atoms with E-state index in [2.05, 4.69) is 69.4 Å². The second-order valence-corrected chi connectivity index (χ2v) is 8.63. The van der Waals surface area contributed by atoms with Crippen molar-refractivity contribution in [2.75, 3.05) is 39.6 Å². The lowest BCUT2D eigenvalue weighted by molar-refractivity contribution is 0.0525. The summed E-state index contributed by atoms with van der Waals surface area (Å²) in [6.45, 7) is 9.85. The van der Waals surface area contributed by atoms with Crippen LogP contribution in [0.15, 0.2) is 104 Å². The van der Waals surface area contributed by atoms with Crippen molar-refractivity contribution in [3.8, 4) is 11.5 Å². The maximum atomic E-state index is 11.4. The van der Waals surface area contributed by atoms with Crippen LogP contribution < -0.4 is 9.47 Å². The topological polar surface area (TPSA) is 89.5 Å². The minimum absolute atomic E-state index is 0.0688. The van der Waals surface area contributed by atoms with E-state index in [-0.39, 0.29) is 39.6 Å². The number of carbonyl (C=O) groups is 2. The van der Waals surface area contributed by atoms with E-state index in [4.69, 9.17) is 28.4 Å². The molecule has 42 heavy (non-hydrogen) atoms. The zero-order valence-electron chi connectivity index (χ0n) is 23.3. The predicted molar refractivity (Wildman–Crippen MR) is 179 cm³/mol. The minimum Gasteiger partial charge on any atom is -0.490 e. The maximum absolute atomic E-state index is 11.4. The van der Waals surface area contributed by atoms with Crippen LogP contribution in [0.1, 0.15) is 23.6 Å². The van der Waals surface area contributed by atoms with Gasteiger partial charge in [0, 0.05) is 42.6 Å². The molecule has 0 unspecified atom stereocenters. The number of halogens is 2. The number of rotatable bonds is 15. The van der Waals surface area contributed by atoms with E-state index in [0.717, 1.165) is 16.7 Å². The molecule has 224 valence electrons. The van der Waals surface area contributed by atoms with Crippen molar-refractivity contribution in [2.24, 2.45) is 0 Å². The number of hydrogen-bond acceptors (Lipinski definition) is 8. The molecule has 0 aromatic heterocycles. The minimum atomic E-state index is -0.758. The van der Waals surface area contributed by atoms with E-state index in [9.17, 15) is 9.59 Å². The molecule has 0 aliphatic heterocycles. The molecule has 0 fully saturated rings. The van der Waals surface area contributed by atoms with Gasteiger partial charge in [0.25, 0.3) is 0 Å². The van der Waals surface area contributed by atoms with E-state index in [1.54, 1.807) is 0 Å². The first-order chi connectivity index (χ1) is 20.5. The fraction of sp³-hybridized carbons (Fsp3) is 0.250. The first kappa shape index (κ1) is 34.9. The van der Waals surface area contributed by atoms with E-state index in [1.807, 2.05) is 66.7 Å². The Morgan fingerprint density at radius 1 is 0.619 bits per heavy atom. The van der Waals surface area contributed by atoms with E-state index >= 15 is 0 Å². The van der Waals surface area contributed by atoms with Crippen LogP contribution in [0.25, 0.3) is 0 Å². The highest BCUT2D eigenvalue weighted by Crippen LogP contribution is 2.39. The van der Waals surface area contributed by atoms with Crippen LogP contribution in [0.2, 0.25) is 0 Å². The Bertz CT molecular complexity index is 1160. The van der Waals surface area contributed by atoms with Crippen molar-refractivity contribution in [1.82, 2.24) is 0 Å². The van der Waals surface area contributed by atoms with E-state index in [0.29, 0.717) is 11.5 Å². The lowest BCUT2D eigenvalue weighted by Crippen LogP contribution is -2.25. The zero-order chi connectivity index (χ0) is 30.6. The maximum Gasteiger partial charge on any atom is 0.508 e. The molecule has 0 amide bonds. The monoisotopic (exact) mass is 800 g/mol. The van der Waals surface area contributed by atoms with Gasteiger partial charge in [-0.05, 0) is 47.9 Å². The first-order valence-corrected chi connectivity index (χ1v) is 19.2. The third-order valence-corrected chi connectivity index (χ3v) is 6.00. The normalized spacial score (nSPS) is 10.3. The van der Waals surface area contributed by atoms with Gasteiger partial charge in [0.15, 0.2) is 0 Å². The van der Waals surface area contributed by atoms with Gasteiger partial charge >= 0.3 is 12.3 Å². The molecule has 0 atom stereocenters. The summed E-state index contributed by atoms with van der Waals surface area (Å²) in [6.07, 6.45) is 1.42. The lowest BCUT2D eigenvalue weighted by Gasteiger charge is -2.32. The highest BCUT2D eigenvalue weighted by atomic mass is 128. The molecule has 3 aromatic carbocycles. The molecule has 0 heterocycles. The Balaban J connectivity index is 0.00000301. The molecule has 0 bridgehead atoms. The Morgan fingerprint density at radius 3 is 1.38 bits per heavy atom. The van der Waals surface area contributed by atoms with Crippen molar-refractivity contribution in [3.63, 3.8) is 0 Å². The van der Waals surface area contributed by atoms with Gasteiger partial charge in [-0.15, -0.1) is 0 Å². The fourth-order valence-corrected chi connectivity index (χ4v) is 3.95. The Morgan fingerprint density at radius 2 is 1.00 bits per heavy atom. The Kier molecular flexibility index (Phi) is 16.5. The molecular weight excluding hydrogens is 766 g/mol. The van der Waals surface area contributed by atoms with Crippen LogP contribution in [0.5, 0.6) is 11.5 Å². The third-order valence-electron chi connectivity index (χ3n) is 6.00. The molecule has 0 saturated carbocycles. The lowest BCUT2D eigenvalue weighted by atomic mass is 9.71. The quantitative estimate of drug-likeness (QED) is 0.0500. The van der Waals surface area contributed by atoms with Crippen LogP contribution in [-0.2, 0) is 24.4 Å². The highest BCUT2D eigenvalue weighted by Gasteiger charge is 2.31. The van der Waals surface area contributed by atoms with Crippen molar-refractivity contribution in [2.45, 2.75) is 12.3 Å². The summed E-state index contributed by atoms with van der Waals surface area (Å²) >= 11 is 4.24. The molecule has 0 saturated heterocycles. The Hall–Kier alpha value is -3.26. The van der Waals surface area contributed by atoms with Gasteiger partial charge in [0.05, 0.1) is 0 Å². The molecule has 0 aliphatic carbocycles. The number of carbonyl (C=O) groups excluding carboxylic acids is 2. The van der Waals surface area contributed by atoms with Crippen LogP contribution in [-0.4, -0.2) is 52.0 Å². The van der Waals surface area contributed by atoms with Gasteiger partial charge in [-0.2, -0.15) is 0 Å². The van der Waals surface area contributed by atoms with Gasteiger partial charge < -0.3 is 28.4 Å². The first-order valence-electron chi connectivity index (χ1n) is 12.9. The third kappa shape index (κ3) is 11.2. The fourth-order valence-electron chi connectivity index (χ4n) is 3.95. The molecule has 8 nitrogen and oxygen atoms in total. The summed E-state index contributed by atoms with van der Waals surface area (Å²) in [6, 6.07) is 25.9. The summed E-state index contributed by atoms with van der Waals surface area (Å²) < 4.78 is 30.9. The van der Waals surface area contributed by atoms with Crippen LogP contribution >= 0.6 is 37.2 Å². The van der Waals surface area contributed by atoms with Crippen LogP contribution in [0.3, 0.4) is 0 Å². The van der Waals surface area contributed by atoms with Gasteiger partial charge in [0.1, 0.15) is 51.1 Å². The molecule has 0 aliphatic rings. The van der Waals surface area contributed by atoms with Gasteiger partial charge in [0.2, 0.25) is 0 Å². The van der Waals surface area contributed by atoms with Crippen molar-refractivity contribution >= 4 is 49.5 Å². The Labute approximate surface area is 270 Å². The van der Waals surface area contributed by atoms with Gasteiger partial charge in [-0.3, -0.25) is 0 Å². The summed E-state index contributed by atoms with van der Waals surface area (Å²) in [5, 5.41) is 0. The number of hydrogen-bond donors (Lipinski definition) is 0. The van der Waals surface area contributed by atoms with Crippen molar-refractivity contribution < 1.29 is 38.0 Å². The van der Waals surface area contributed by atoms with Crippen LogP contribution in [0.4, 0.5) is 9.59 Å². The summed E-state index contributed by atoms with van der Waals surface area (Å²) in [5.74, 6) is 1.31. The predicted octanol–water partition coefficient (Wildman–Crippen LogP) is 8.25. The molecule has 0 N–H and O–H groups in total. The van der Waals surface area contributed by atoms with Crippen molar-refractivity contribution in [1.29, 1.82) is 0 Å². The van der Waals surface area contributed by atoms with Crippen molar-refractivity contribution in [3.05, 3.63) is 121 Å². The molecule has 3 rings (SSSR count). The molecule has 0 spiro atoms. The molecule has 3 aromatic rings. The SMILES string of the molecule is C=CCOC(=O)OCCOc1ccc(C(C)(c2ccccc2)c2ccc(OCCOC(=O)OCC=C)cc2)cc1.II. The van der Waals surface area contributed by atoms with Gasteiger partial charge in [-0.25, -0.2) is 9.59 Å². The second-order valence-electron chi connectivity index (χ2n) is 8.63. The van der Waals surface area contributed by atoms with E-state index < -0.39 is 17.7 Å². The zero-order valence-corrected chi connectivity index (χ0v) is 27.7. The average Bonchev–Trinajstić information content (AvgIpc) is 3.04. The smallest absolute Gasteiger partial charge is 0.490 e. The average molecular weight is 800 g/mol. The standard InChI is InChI=1S/C32H34O8.I2/c1-4-19-37-30(33)39-23-21-35-28-15-11-26(12-16-28)32(3,25-9-7-6-8-10-25)27-13-17-29(18-14-27)36-22-24-40-31(34)38-20-5-2;1-2/h4-18H,1-2,19-24H2,3H3;. The van der Waals surface area contributed by atoms with Gasteiger partial charge in [-0.1, -0.05) is 79.9 Å². The highest BCUT2D eigenvalue weighted by molar-refractivity contribution is 15.0. The van der Waals surface area contributed by atoms with E-state index in [1.165, 1.54) is 12.2 Å². The van der Waals surface area contributed by atoms with Crippen LogP contribution in [0, 0.1) is 0 Å². The summed E-state index contributed by atoms with van der Waals surface area (Å²) in [7, 11) is 0.